The van der Waals surface area contributed by atoms with Gasteiger partial charge < -0.3 is 9.84 Å². The summed E-state index contributed by atoms with van der Waals surface area (Å²) in [6.45, 7) is -0.0757. The van der Waals surface area contributed by atoms with Crippen LogP contribution in [0.1, 0.15) is 15.2 Å². The maximum absolute atomic E-state index is 13.3. The van der Waals surface area contributed by atoms with Crippen LogP contribution in [0.15, 0.2) is 29.6 Å². The highest BCUT2D eigenvalue weighted by molar-refractivity contribution is 7.12. The Morgan fingerprint density at radius 3 is 2.78 bits per heavy atom. The molecule has 0 fully saturated rings. The van der Waals surface area contributed by atoms with E-state index in [-0.39, 0.29) is 17.2 Å². The average Bonchev–Trinajstić information content (AvgIpc) is 2.76. The number of ether oxygens (including phenoxy) is 1. The Morgan fingerprint density at radius 1 is 1.33 bits per heavy atom. The number of hydrogen-bond donors (Lipinski definition) is 1. The fourth-order valence-electron chi connectivity index (χ4n) is 1.38. The van der Waals surface area contributed by atoms with Crippen LogP contribution in [0.4, 0.5) is 8.78 Å². The van der Waals surface area contributed by atoms with E-state index >= 15 is 0 Å². The van der Waals surface area contributed by atoms with Gasteiger partial charge in [0.15, 0.2) is 11.6 Å². The van der Waals surface area contributed by atoms with Gasteiger partial charge in [0.25, 0.3) is 0 Å². The molecular formula is C12H8F2O3S. The van der Waals surface area contributed by atoms with Crippen molar-refractivity contribution in [3.63, 3.8) is 0 Å². The third-order valence-corrected chi connectivity index (χ3v) is 3.16. The lowest BCUT2D eigenvalue weighted by Crippen LogP contribution is -2.02. The van der Waals surface area contributed by atoms with Crippen LogP contribution in [0.2, 0.25) is 0 Å². The molecule has 0 radical (unpaired) electrons. The van der Waals surface area contributed by atoms with Crippen molar-refractivity contribution >= 4 is 17.3 Å². The van der Waals surface area contributed by atoms with Crippen LogP contribution in [0.3, 0.4) is 0 Å². The van der Waals surface area contributed by atoms with Gasteiger partial charge in [-0.1, -0.05) is 0 Å². The topological polar surface area (TPSA) is 46.5 Å². The zero-order valence-electron chi connectivity index (χ0n) is 9.02. The molecule has 94 valence electrons. The fraction of sp³-hybridized carbons (Fsp3) is 0.0833. The summed E-state index contributed by atoms with van der Waals surface area (Å²) in [5, 5.41) is 10.5. The van der Waals surface area contributed by atoms with Crippen molar-refractivity contribution in [3.05, 3.63) is 51.7 Å². The van der Waals surface area contributed by atoms with E-state index in [0.29, 0.717) is 11.6 Å². The first-order valence-corrected chi connectivity index (χ1v) is 5.83. The molecule has 2 rings (SSSR count). The number of carbonyl (C=O) groups is 1. The van der Waals surface area contributed by atoms with Crippen molar-refractivity contribution in [2.45, 2.75) is 6.61 Å². The molecule has 0 saturated heterocycles. The third kappa shape index (κ3) is 2.65. The molecule has 0 aliphatic heterocycles. The summed E-state index contributed by atoms with van der Waals surface area (Å²) in [5.41, 5.74) is 0.455. The summed E-state index contributed by atoms with van der Waals surface area (Å²) >= 11 is 1.07. The molecule has 0 atom stereocenters. The average molecular weight is 270 g/mol. The fourth-order valence-corrected chi connectivity index (χ4v) is 2.13. The molecule has 1 heterocycles. The van der Waals surface area contributed by atoms with Crippen LogP contribution in [0.5, 0.6) is 5.75 Å². The Hall–Kier alpha value is -1.95. The number of aromatic carboxylic acids is 1. The van der Waals surface area contributed by atoms with Crippen molar-refractivity contribution < 1.29 is 23.4 Å². The SMILES string of the molecule is O=C(O)c1sccc1COc1ccc(F)cc1F. The minimum atomic E-state index is -1.05. The highest BCUT2D eigenvalue weighted by Gasteiger charge is 2.13. The Morgan fingerprint density at radius 2 is 2.11 bits per heavy atom. The van der Waals surface area contributed by atoms with Crippen molar-refractivity contribution in [1.29, 1.82) is 0 Å². The molecule has 3 nitrogen and oxygen atoms in total. The number of hydrogen-bond acceptors (Lipinski definition) is 3. The van der Waals surface area contributed by atoms with E-state index in [2.05, 4.69) is 0 Å². The van der Waals surface area contributed by atoms with Crippen molar-refractivity contribution in [3.8, 4) is 5.75 Å². The Balaban J connectivity index is 2.11. The van der Waals surface area contributed by atoms with Gasteiger partial charge in [0.2, 0.25) is 0 Å². The van der Waals surface area contributed by atoms with E-state index in [1.54, 1.807) is 11.4 Å². The van der Waals surface area contributed by atoms with Crippen LogP contribution >= 0.6 is 11.3 Å². The molecule has 0 saturated carbocycles. The van der Waals surface area contributed by atoms with E-state index in [4.69, 9.17) is 9.84 Å². The van der Waals surface area contributed by atoms with Crippen molar-refractivity contribution in [1.82, 2.24) is 0 Å². The highest BCUT2D eigenvalue weighted by Crippen LogP contribution is 2.22. The lowest BCUT2D eigenvalue weighted by molar-refractivity contribution is 0.0699. The molecule has 0 aliphatic rings. The normalized spacial score (nSPS) is 10.3. The third-order valence-electron chi connectivity index (χ3n) is 2.22. The maximum atomic E-state index is 13.3. The second kappa shape index (κ2) is 5.14. The van der Waals surface area contributed by atoms with Gasteiger partial charge >= 0.3 is 5.97 Å². The largest absolute Gasteiger partial charge is 0.486 e. The van der Waals surface area contributed by atoms with Gasteiger partial charge in [-0.2, -0.15) is 0 Å². The quantitative estimate of drug-likeness (QED) is 0.927. The van der Waals surface area contributed by atoms with Gasteiger partial charge in [-0.3, -0.25) is 0 Å². The molecule has 0 spiro atoms. The van der Waals surface area contributed by atoms with Crippen LogP contribution < -0.4 is 4.74 Å². The number of benzene rings is 1. The first-order chi connectivity index (χ1) is 8.58. The van der Waals surface area contributed by atoms with E-state index in [1.165, 1.54) is 0 Å². The van der Waals surface area contributed by atoms with E-state index < -0.39 is 17.6 Å². The van der Waals surface area contributed by atoms with Gasteiger partial charge in [-0.25, -0.2) is 13.6 Å². The van der Waals surface area contributed by atoms with Crippen LogP contribution in [-0.2, 0) is 6.61 Å². The Bertz CT molecular complexity index is 580. The molecule has 0 unspecified atom stereocenters. The number of halogens is 2. The molecule has 2 aromatic rings. The minimum Gasteiger partial charge on any atom is -0.486 e. The lowest BCUT2D eigenvalue weighted by atomic mass is 10.2. The van der Waals surface area contributed by atoms with E-state index in [1.807, 2.05) is 0 Å². The van der Waals surface area contributed by atoms with Gasteiger partial charge in [0, 0.05) is 11.6 Å². The molecule has 6 heteroatoms. The molecule has 1 aromatic heterocycles. The Labute approximate surface area is 105 Å². The summed E-state index contributed by atoms with van der Waals surface area (Å²) in [5.74, 6) is -2.68. The molecule has 1 N–H and O–H groups in total. The molecule has 0 bridgehead atoms. The predicted molar refractivity (Wildman–Crippen MR) is 62.0 cm³/mol. The second-order valence-electron chi connectivity index (χ2n) is 3.44. The van der Waals surface area contributed by atoms with Crippen LogP contribution in [0, 0.1) is 11.6 Å². The number of carboxylic acids is 1. The summed E-state index contributed by atoms with van der Waals surface area (Å²) in [4.78, 5) is 11.0. The first-order valence-electron chi connectivity index (χ1n) is 4.95. The smallest absolute Gasteiger partial charge is 0.346 e. The standard InChI is InChI=1S/C12H8F2O3S/c13-8-1-2-10(9(14)5-8)17-6-7-3-4-18-11(7)12(15)16/h1-5H,6H2,(H,15,16). The first kappa shape index (κ1) is 12.5. The predicted octanol–water partition coefficient (Wildman–Crippen LogP) is 3.30. The molecular weight excluding hydrogens is 262 g/mol. The van der Waals surface area contributed by atoms with Crippen LogP contribution in [-0.4, -0.2) is 11.1 Å². The lowest BCUT2D eigenvalue weighted by Gasteiger charge is -2.06. The summed E-state index contributed by atoms with van der Waals surface area (Å²) < 4.78 is 31.0. The number of carboxylic acid groups (broad SMARTS) is 1. The van der Waals surface area contributed by atoms with Crippen molar-refractivity contribution in [2.24, 2.45) is 0 Å². The summed E-state index contributed by atoms with van der Waals surface area (Å²) in [6.07, 6.45) is 0. The Kier molecular flexibility index (Phi) is 3.57. The highest BCUT2D eigenvalue weighted by atomic mass is 32.1. The molecule has 18 heavy (non-hydrogen) atoms. The van der Waals surface area contributed by atoms with Gasteiger partial charge in [0.1, 0.15) is 17.3 Å². The maximum Gasteiger partial charge on any atom is 0.346 e. The minimum absolute atomic E-state index is 0.0757. The summed E-state index contributed by atoms with van der Waals surface area (Å²) in [6, 6.07) is 4.54. The van der Waals surface area contributed by atoms with E-state index in [0.717, 1.165) is 23.5 Å². The monoisotopic (exact) mass is 270 g/mol. The number of rotatable bonds is 4. The van der Waals surface area contributed by atoms with Gasteiger partial charge in [-0.15, -0.1) is 11.3 Å². The van der Waals surface area contributed by atoms with Crippen LogP contribution in [0.25, 0.3) is 0 Å². The second-order valence-corrected chi connectivity index (χ2v) is 4.36. The van der Waals surface area contributed by atoms with Crippen molar-refractivity contribution in [2.75, 3.05) is 0 Å². The van der Waals surface area contributed by atoms with Gasteiger partial charge in [-0.05, 0) is 23.6 Å². The van der Waals surface area contributed by atoms with Gasteiger partial charge in [0.05, 0.1) is 0 Å². The molecule has 0 aliphatic carbocycles. The zero-order chi connectivity index (χ0) is 13.1. The number of thiophene rings is 1. The summed E-state index contributed by atoms with van der Waals surface area (Å²) in [7, 11) is 0. The zero-order valence-corrected chi connectivity index (χ0v) is 9.84. The molecule has 1 aromatic carbocycles. The van der Waals surface area contributed by atoms with E-state index in [9.17, 15) is 13.6 Å². The molecule has 0 amide bonds.